The van der Waals surface area contributed by atoms with E-state index >= 15 is 4.39 Å². The summed E-state index contributed by atoms with van der Waals surface area (Å²) in [7, 11) is -4.96. The third-order valence-corrected chi connectivity index (χ3v) is 7.76. The van der Waals surface area contributed by atoms with Gasteiger partial charge in [0.15, 0.2) is 0 Å². The van der Waals surface area contributed by atoms with Crippen LogP contribution in [0.15, 0.2) is 41.3 Å². The number of sulfone groups is 1. The number of halogens is 7. The average Bonchev–Trinajstić information content (AvgIpc) is 2.70. The van der Waals surface area contributed by atoms with Crippen LogP contribution in [0.25, 0.3) is 0 Å². The minimum absolute atomic E-state index is 0.0422. The maximum Gasteiger partial charge on any atom is 0.416 e. The number of alkyl halides is 4. The summed E-state index contributed by atoms with van der Waals surface area (Å²) in [6, 6.07) is 3.31. The minimum Gasteiger partial charge on any atom is -0.349 e. The Morgan fingerprint density at radius 1 is 1.06 bits per heavy atom. The van der Waals surface area contributed by atoms with Crippen molar-refractivity contribution in [3.05, 3.63) is 64.2 Å². The summed E-state index contributed by atoms with van der Waals surface area (Å²) in [6.07, 6.45) is -6.54. The number of hydrogen-bond donors (Lipinski definition) is 1. The summed E-state index contributed by atoms with van der Waals surface area (Å²) < 4.78 is 106. The van der Waals surface area contributed by atoms with Gasteiger partial charge >= 0.3 is 6.18 Å². The molecule has 0 aliphatic heterocycles. The molecule has 2 aromatic carbocycles. The van der Waals surface area contributed by atoms with Crippen molar-refractivity contribution in [3.8, 4) is 0 Å². The molecule has 0 saturated heterocycles. The van der Waals surface area contributed by atoms with Crippen LogP contribution in [0.1, 0.15) is 41.6 Å². The van der Waals surface area contributed by atoms with Crippen molar-refractivity contribution < 1.29 is 39.6 Å². The van der Waals surface area contributed by atoms with Crippen LogP contribution < -0.4 is 5.32 Å². The molecule has 32 heavy (non-hydrogen) atoms. The summed E-state index contributed by atoms with van der Waals surface area (Å²) in [4.78, 5) is 11.2. The lowest BCUT2D eigenvalue weighted by Crippen LogP contribution is -2.45. The summed E-state index contributed by atoms with van der Waals surface area (Å²) in [5.41, 5.74) is -1.50. The Morgan fingerprint density at radius 2 is 1.69 bits per heavy atom. The molecule has 0 radical (unpaired) electrons. The quantitative estimate of drug-likeness (QED) is 0.569. The first-order chi connectivity index (χ1) is 14.7. The van der Waals surface area contributed by atoms with Crippen molar-refractivity contribution in [2.75, 3.05) is 0 Å². The molecule has 1 fully saturated rings. The fraction of sp³-hybridized carbons (Fsp3) is 0.350. The fourth-order valence-electron chi connectivity index (χ4n) is 3.46. The highest BCUT2D eigenvalue weighted by Gasteiger charge is 2.48. The summed E-state index contributed by atoms with van der Waals surface area (Å²) in [5, 5.41) is -0.642. The van der Waals surface area contributed by atoms with Crippen LogP contribution >= 0.6 is 11.6 Å². The molecule has 1 amide bonds. The number of benzene rings is 2. The first-order valence-electron chi connectivity index (χ1n) is 9.30. The zero-order valence-corrected chi connectivity index (χ0v) is 17.7. The van der Waals surface area contributed by atoms with Crippen molar-refractivity contribution in [2.45, 2.75) is 47.8 Å². The van der Waals surface area contributed by atoms with Gasteiger partial charge in [0, 0.05) is 11.6 Å². The number of carbonyl (C=O) groups is 1. The largest absolute Gasteiger partial charge is 0.416 e. The predicted molar refractivity (Wildman–Crippen MR) is 104 cm³/mol. The van der Waals surface area contributed by atoms with Gasteiger partial charge in [-0.05, 0) is 62.1 Å². The molecule has 174 valence electrons. The van der Waals surface area contributed by atoms with Gasteiger partial charge in [0.25, 0.3) is 5.91 Å². The molecule has 1 saturated carbocycles. The molecule has 0 aromatic heterocycles. The Hall–Kier alpha value is -2.27. The molecule has 1 aliphatic rings. The van der Waals surface area contributed by atoms with E-state index in [0.29, 0.717) is 6.07 Å². The van der Waals surface area contributed by atoms with Crippen LogP contribution in [0, 0.1) is 11.6 Å². The second-order valence-electron chi connectivity index (χ2n) is 7.44. The van der Waals surface area contributed by atoms with E-state index < -0.39 is 67.9 Å². The van der Waals surface area contributed by atoms with E-state index in [0.717, 1.165) is 12.1 Å². The lowest BCUT2D eigenvalue weighted by Gasteiger charge is -2.34. The first kappa shape index (κ1) is 24.4. The molecular weight excluding hydrogens is 484 g/mol. The van der Waals surface area contributed by atoms with E-state index in [1.807, 2.05) is 0 Å². The summed E-state index contributed by atoms with van der Waals surface area (Å²) in [5.74, 6) is -2.81. The number of carbonyl (C=O) groups excluding carboxylic acids is 1. The van der Waals surface area contributed by atoms with Gasteiger partial charge in [-0.25, -0.2) is 21.6 Å². The van der Waals surface area contributed by atoms with Crippen LogP contribution in [0.3, 0.4) is 0 Å². The second kappa shape index (κ2) is 8.58. The number of rotatable bonds is 4. The van der Waals surface area contributed by atoms with Gasteiger partial charge in [0.05, 0.1) is 15.5 Å². The molecule has 0 spiro atoms. The molecule has 1 N–H and O–H groups in total. The molecule has 0 bridgehead atoms. The normalized spacial score (nSPS) is 21.9. The smallest absolute Gasteiger partial charge is 0.349 e. The van der Waals surface area contributed by atoms with Gasteiger partial charge in [-0.15, -0.1) is 0 Å². The topological polar surface area (TPSA) is 63.2 Å². The Balaban J connectivity index is 1.74. The third-order valence-electron chi connectivity index (χ3n) is 5.24. The monoisotopic (exact) mass is 499 g/mol. The SMILES string of the molecule is O=C(N[C@H]1CC[C@@](F)(S(=O)(=O)c2cc(F)cc(C(F)(F)F)c2)CC1)c1ccc(F)c(Cl)c1. The van der Waals surface area contributed by atoms with Gasteiger partial charge < -0.3 is 5.32 Å². The van der Waals surface area contributed by atoms with Crippen molar-refractivity contribution >= 4 is 27.3 Å². The maximum absolute atomic E-state index is 15.4. The highest BCUT2D eigenvalue weighted by Crippen LogP contribution is 2.42. The van der Waals surface area contributed by atoms with Gasteiger partial charge in [0.2, 0.25) is 14.8 Å². The van der Waals surface area contributed by atoms with Crippen LogP contribution in [0.4, 0.5) is 26.3 Å². The van der Waals surface area contributed by atoms with Gasteiger partial charge in [-0.2, -0.15) is 13.2 Å². The molecule has 0 heterocycles. The molecule has 12 heteroatoms. The van der Waals surface area contributed by atoms with Crippen LogP contribution in [0.5, 0.6) is 0 Å². The number of amides is 1. The van der Waals surface area contributed by atoms with Gasteiger partial charge in [-0.1, -0.05) is 11.6 Å². The molecular formula is C20H16ClF6NO3S. The number of nitrogens with one attached hydrogen (secondary N) is 1. The van der Waals surface area contributed by atoms with E-state index in [1.165, 1.54) is 6.07 Å². The first-order valence-corrected chi connectivity index (χ1v) is 11.2. The van der Waals surface area contributed by atoms with Crippen LogP contribution in [0.2, 0.25) is 5.02 Å². The number of hydrogen-bond acceptors (Lipinski definition) is 3. The van der Waals surface area contributed by atoms with Crippen molar-refractivity contribution in [3.63, 3.8) is 0 Å². The van der Waals surface area contributed by atoms with Gasteiger partial charge in [0.1, 0.15) is 11.6 Å². The Morgan fingerprint density at radius 3 is 2.25 bits per heavy atom. The van der Waals surface area contributed by atoms with Gasteiger partial charge in [-0.3, -0.25) is 4.79 Å². The summed E-state index contributed by atoms with van der Waals surface area (Å²) >= 11 is 5.63. The highest BCUT2D eigenvalue weighted by molar-refractivity contribution is 7.92. The Bertz CT molecular complexity index is 1140. The minimum atomic E-state index is -5.01. The van der Waals surface area contributed by atoms with Crippen molar-refractivity contribution in [2.24, 2.45) is 0 Å². The summed E-state index contributed by atoms with van der Waals surface area (Å²) in [6.45, 7) is 0. The van der Waals surface area contributed by atoms with E-state index in [4.69, 9.17) is 11.6 Å². The average molecular weight is 500 g/mol. The zero-order valence-electron chi connectivity index (χ0n) is 16.1. The van der Waals surface area contributed by atoms with Crippen molar-refractivity contribution in [1.82, 2.24) is 5.32 Å². The molecule has 0 unspecified atom stereocenters. The Kier molecular flexibility index (Phi) is 6.54. The third kappa shape index (κ3) is 4.88. The fourth-order valence-corrected chi connectivity index (χ4v) is 5.39. The van der Waals surface area contributed by atoms with Crippen LogP contribution in [-0.2, 0) is 16.0 Å². The standard InChI is InChI=1S/C20H16ClF6NO3S/c21-16-7-11(1-2-17(16)23)18(29)28-14-3-5-19(24,6-4-14)32(30,31)15-9-12(20(25,26)27)8-13(22)10-15/h1-2,7-10,14H,3-6H2,(H,28,29)/t14-,19+. The lowest BCUT2D eigenvalue weighted by atomic mass is 9.93. The van der Waals surface area contributed by atoms with Crippen LogP contribution in [-0.4, -0.2) is 25.4 Å². The molecule has 0 atom stereocenters. The zero-order chi connectivity index (χ0) is 23.9. The van der Waals surface area contributed by atoms with E-state index in [9.17, 15) is 35.2 Å². The van der Waals surface area contributed by atoms with Crippen molar-refractivity contribution in [1.29, 1.82) is 0 Å². The Labute approximate surface area is 184 Å². The highest BCUT2D eigenvalue weighted by atomic mass is 35.5. The maximum atomic E-state index is 15.4. The van der Waals surface area contributed by atoms with E-state index in [2.05, 4.69) is 5.32 Å². The molecule has 2 aromatic rings. The molecule has 1 aliphatic carbocycles. The van der Waals surface area contributed by atoms with E-state index in [-0.39, 0.29) is 35.6 Å². The van der Waals surface area contributed by atoms with E-state index in [1.54, 1.807) is 0 Å². The lowest BCUT2D eigenvalue weighted by molar-refractivity contribution is -0.137. The second-order valence-corrected chi connectivity index (χ2v) is 10.1. The molecule has 4 nitrogen and oxygen atoms in total. The molecule has 3 rings (SSSR count). The predicted octanol–water partition coefficient (Wildman–Crippen LogP) is 5.45.